The van der Waals surface area contributed by atoms with Crippen LogP contribution in [0.25, 0.3) is 0 Å². The fraction of sp³-hybridized carbons (Fsp3) is 0.235. The molecule has 134 valence electrons. The number of hydrogen-bond donors (Lipinski definition) is 1. The van der Waals surface area contributed by atoms with Gasteiger partial charge in [-0.25, -0.2) is 12.7 Å². The molecule has 8 heteroatoms. The van der Waals surface area contributed by atoms with Crippen LogP contribution in [0, 0.1) is 0 Å². The van der Waals surface area contributed by atoms with Crippen molar-refractivity contribution in [1.82, 2.24) is 4.31 Å². The Hall–Kier alpha value is -2.09. The van der Waals surface area contributed by atoms with Crippen molar-refractivity contribution in [1.29, 1.82) is 0 Å². The van der Waals surface area contributed by atoms with Gasteiger partial charge in [-0.2, -0.15) is 0 Å². The van der Waals surface area contributed by atoms with Gasteiger partial charge in [0.2, 0.25) is 15.9 Å². The molecule has 6 nitrogen and oxygen atoms in total. The van der Waals surface area contributed by atoms with E-state index in [1.54, 1.807) is 24.3 Å². The summed E-state index contributed by atoms with van der Waals surface area (Å²) in [6, 6.07) is 11.2. The number of anilines is 1. The number of ether oxygens (including phenoxy) is 1. The third-order valence-electron chi connectivity index (χ3n) is 3.50. The minimum Gasteiger partial charge on any atom is -0.495 e. The summed E-state index contributed by atoms with van der Waals surface area (Å²) in [5.74, 6) is 0.0854. The summed E-state index contributed by atoms with van der Waals surface area (Å²) < 4.78 is 30.8. The highest BCUT2D eigenvalue weighted by Gasteiger charge is 2.19. The SMILES string of the molecule is COc1ccc(S(=O)(=O)N(C)C)cc1NC(=O)Cc1ccc(Cl)cc1. The summed E-state index contributed by atoms with van der Waals surface area (Å²) >= 11 is 5.83. The Kier molecular flexibility index (Phi) is 6.05. The van der Waals surface area contributed by atoms with Crippen molar-refractivity contribution in [3.05, 3.63) is 53.1 Å². The van der Waals surface area contributed by atoms with Crippen molar-refractivity contribution in [2.24, 2.45) is 0 Å². The molecule has 0 aliphatic carbocycles. The number of halogens is 1. The van der Waals surface area contributed by atoms with Gasteiger partial charge in [0.05, 0.1) is 24.1 Å². The summed E-state index contributed by atoms with van der Waals surface area (Å²) in [7, 11) is 0.722. The molecule has 0 unspecified atom stereocenters. The molecule has 0 heterocycles. The summed E-state index contributed by atoms with van der Waals surface area (Å²) in [6.45, 7) is 0. The lowest BCUT2D eigenvalue weighted by Crippen LogP contribution is -2.22. The molecule has 25 heavy (non-hydrogen) atoms. The molecule has 0 spiro atoms. The first-order chi connectivity index (χ1) is 11.7. The Balaban J connectivity index is 2.25. The molecular weight excluding hydrogens is 364 g/mol. The van der Waals surface area contributed by atoms with Crippen molar-refractivity contribution >= 4 is 33.2 Å². The summed E-state index contributed by atoms with van der Waals surface area (Å²) in [6.07, 6.45) is 0.130. The number of hydrogen-bond acceptors (Lipinski definition) is 4. The molecule has 2 rings (SSSR count). The third kappa shape index (κ3) is 4.72. The molecule has 2 aromatic carbocycles. The predicted molar refractivity (Wildman–Crippen MR) is 97.7 cm³/mol. The highest BCUT2D eigenvalue weighted by molar-refractivity contribution is 7.89. The second-order valence-electron chi connectivity index (χ2n) is 5.50. The van der Waals surface area contributed by atoms with Gasteiger partial charge in [-0.1, -0.05) is 23.7 Å². The lowest BCUT2D eigenvalue weighted by atomic mass is 10.1. The van der Waals surface area contributed by atoms with E-state index in [1.165, 1.54) is 39.4 Å². The average molecular weight is 383 g/mol. The van der Waals surface area contributed by atoms with E-state index in [1.807, 2.05) is 0 Å². The van der Waals surface area contributed by atoms with Gasteiger partial charge in [0.25, 0.3) is 0 Å². The van der Waals surface area contributed by atoms with E-state index in [2.05, 4.69) is 5.32 Å². The third-order valence-corrected chi connectivity index (χ3v) is 5.56. The lowest BCUT2D eigenvalue weighted by Gasteiger charge is -2.15. The Bertz CT molecular complexity index is 865. The monoisotopic (exact) mass is 382 g/mol. The van der Waals surface area contributed by atoms with E-state index < -0.39 is 10.0 Å². The number of rotatable bonds is 6. The lowest BCUT2D eigenvalue weighted by molar-refractivity contribution is -0.115. The van der Waals surface area contributed by atoms with E-state index in [9.17, 15) is 13.2 Å². The van der Waals surface area contributed by atoms with Crippen molar-refractivity contribution < 1.29 is 17.9 Å². The molecule has 0 saturated heterocycles. The van der Waals surface area contributed by atoms with E-state index in [0.29, 0.717) is 16.5 Å². The minimum absolute atomic E-state index is 0.0695. The number of carbonyl (C=O) groups excluding carboxylic acids is 1. The second-order valence-corrected chi connectivity index (χ2v) is 8.09. The number of benzene rings is 2. The number of methoxy groups -OCH3 is 1. The summed E-state index contributed by atoms with van der Waals surface area (Å²) in [5, 5.41) is 3.29. The summed E-state index contributed by atoms with van der Waals surface area (Å²) in [4.78, 5) is 12.3. The number of nitrogens with zero attached hydrogens (tertiary/aromatic N) is 1. The fourth-order valence-corrected chi connectivity index (χ4v) is 3.19. The molecule has 0 radical (unpaired) electrons. The van der Waals surface area contributed by atoms with Gasteiger partial charge in [0, 0.05) is 19.1 Å². The van der Waals surface area contributed by atoms with Crippen LogP contribution in [0.3, 0.4) is 0 Å². The van der Waals surface area contributed by atoms with Crippen molar-refractivity contribution in [3.8, 4) is 5.75 Å². The fourth-order valence-electron chi connectivity index (χ4n) is 2.14. The predicted octanol–water partition coefficient (Wildman–Crippen LogP) is 2.78. The first kappa shape index (κ1) is 19.2. The molecular formula is C17H19ClN2O4S. The Morgan fingerprint density at radius 3 is 2.36 bits per heavy atom. The largest absolute Gasteiger partial charge is 0.495 e. The van der Waals surface area contributed by atoms with Crippen LogP contribution >= 0.6 is 11.6 Å². The number of sulfonamides is 1. The van der Waals surface area contributed by atoms with Gasteiger partial charge in [-0.15, -0.1) is 0 Å². The van der Waals surface area contributed by atoms with Gasteiger partial charge in [0.15, 0.2) is 0 Å². The topological polar surface area (TPSA) is 75.7 Å². The van der Waals surface area contributed by atoms with Crippen LogP contribution in [0.1, 0.15) is 5.56 Å². The zero-order valence-corrected chi connectivity index (χ0v) is 15.7. The van der Waals surface area contributed by atoms with Gasteiger partial charge in [-0.05, 0) is 35.9 Å². The molecule has 1 N–H and O–H groups in total. The quantitative estimate of drug-likeness (QED) is 0.833. The van der Waals surface area contributed by atoms with Crippen LogP contribution in [0.4, 0.5) is 5.69 Å². The molecule has 0 fully saturated rings. The highest BCUT2D eigenvalue weighted by Crippen LogP contribution is 2.28. The van der Waals surface area contributed by atoms with E-state index >= 15 is 0 Å². The summed E-state index contributed by atoms with van der Waals surface area (Å²) in [5.41, 5.74) is 1.09. The first-order valence-corrected chi connectivity index (χ1v) is 9.20. The Labute approximate surface area is 152 Å². The van der Waals surface area contributed by atoms with Crippen LogP contribution in [0.5, 0.6) is 5.75 Å². The maximum Gasteiger partial charge on any atom is 0.242 e. The Morgan fingerprint density at radius 1 is 1.16 bits per heavy atom. The van der Waals surface area contributed by atoms with Gasteiger partial charge >= 0.3 is 0 Å². The average Bonchev–Trinajstić information content (AvgIpc) is 2.56. The molecule has 2 aromatic rings. The van der Waals surface area contributed by atoms with Gasteiger partial charge in [0.1, 0.15) is 5.75 Å². The van der Waals surface area contributed by atoms with Crippen LogP contribution < -0.4 is 10.1 Å². The molecule has 0 atom stereocenters. The van der Waals surface area contributed by atoms with Crippen LogP contribution in [-0.4, -0.2) is 39.8 Å². The molecule has 0 aliphatic heterocycles. The zero-order chi connectivity index (χ0) is 18.6. The standard InChI is InChI=1S/C17H19ClN2O4S/c1-20(2)25(22,23)14-8-9-16(24-3)15(11-14)19-17(21)10-12-4-6-13(18)7-5-12/h4-9,11H,10H2,1-3H3,(H,19,21). The molecule has 1 amide bonds. The Morgan fingerprint density at radius 2 is 1.80 bits per heavy atom. The number of carbonyl (C=O) groups is 1. The maximum absolute atomic E-state index is 12.3. The van der Waals surface area contributed by atoms with Crippen molar-refractivity contribution in [2.45, 2.75) is 11.3 Å². The van der Waals surface area contributed by atoms with E-state index in [-0.39, 0.29) is 17.2 Å². The molecule has 0 aliphatic rings. The van der Waals surface area contributed by atoms with E-state index in [4.69, 9.17) is 16.3 Å². The van der Waals surface area contributed by atoms with Crippen LogP contribution in [0.2, 0.25) is 5.02 Å². The zero-order valence-electron chi connectivity index (χ0n) is 14.1. The molecule has 0 aromatic heterocycles. The minimum atomic E-state index is -3.61. The van der Waals surface area contributed by atoms with Crippen LogP contribution in [0.15, 0.2) is 47.4 Å². The first-order valence-electron chi connectivity index (χ1n) is 7.39. The number of amides is 1. The van der Waals surface area contributed by atoms with Crippen molar-refractivity contribution in [2.75, 3.05) is 26.5 Å². The molecule has 0 saturated carbocycles. The van der Waals surface area contributed by atoms with Gasteiger partial charge in [-0.3, -0.25) is 4.79 Å². The highest BCUT2D eigenvalue weighted by atomic mass is 35.5. The second kappa shape index (κ2) is 7.86. The number of nitrogens with one attached hydrogen (secondary N) is 1. The van der Waals surface area contributed by atoms with Crippen molar-refractivity contribution in [3.63, 3.8) is 0 Å². The molecule has 0 bridgehead atoms. The smallest absolute Gasteiger partial charge is 0.242 e. The van der Waals surface area contributed by atoms with Crippen LogP contribution in [-0.2, 0) is 21.2 Å². The van der Waals surface area contributed by atoms with Gasteiger partial charge < -0.3 is 10.1 Å². The van der Waals surface area contributed by atoms with E-state index in [0.717, 1.165) is 9.87 Å². The normalized spacial score (nSPS) is 11.4. The maximum atomic E-state index is 12.3.